The summed E-state index contributed by atoms with van der Waals surface area (Å²) in [7, 11) is 0. The van der Waals surface area contributed by atoms with Crippen LogP contribution in [-0.2, 0) is 9.47 Å². The van der Waals surface area contributed by atoms with Gasteiger partial charge < -0.3 is 14.8 Å². The Balaban J connectivity index is 2.10. The molecule has 7 heteroatoms. The third-order valence-electron chi connectivity index (χ3n) is 2.18. The maximum absolute atomic E-state index is 11.7. The van der Waals surface area contributed by atoms with E-state index in [9.17, 15) is 17.6 Å². The lowest BCUT2D eigenvalue weighted by molar-refractivity contribution is -0.137. The highest BCUT2D eigenvalue weighted by molar-refractivity contribution is 4.83. The molecule has 1 N–H and O–H groups in total. The molecule has 0 aromatic heterocycles. The standard InChI is InChI=1S/C8H13F4NO2/c9-7(10)14-3-5-1-2-6(13-5)4-15-8(11)12/h5-8,13H,1-4H2. The fourth-order valence-corrected chi connectivity index (χ4v) is 1.54. The molecular weight excluding hydrogens is 218 g/mol. The van der Waals surface area contributed by atoms with Crippen molar-refractivity contribution < 1.29 is 27.0 Å². The molecule has 2 atom stereocenters. The maximum Gasteiger partial charge on any atom is 0.345 e. The van der Waals surface area contributed by atoms with Gasteiger partial charge in [0, 0.05) is 12.1 Å². The predicted octanol–water partition coefficient (Wildman–Crippen LogP) is 1.59. The summed E-state index contributed by atoms with van der Waals surface area (Å²) in [6, 6.07) is -0.407. The van der Waals surface area contributed by atoms with Gasteiger partial charge in [-0.25, -0.2) is 0 Å². The molecule has 1 saturated heterocycles. The first-order chi connectivity index (χ1) is 7.08. The highest BCUT2D eigenvalue weighted by atomic mass is 19.3. The number of halogens is 4. The summed E-state index contributed by atoms with van der Waals surface area (Å²) in [6.45, 7) is -5.79. The second-order valence-corrected chi connectivity index (χ2v) is 3.33. The van der Waals surface area contributed by atoms with Crippen LogP contribution in [0.1, 0.15) is 12.8 Å². The van der Waals surface area contributed by atoms with Gasteiger partial charge in [-0.3, -0.25) is 0 Å². The molecule has 90 valence electrons. The molecule has 0 bridgehead atoms. The fourth-order valence-electron chi connectivity index (χ4n) is 1.54. The van der Waals surface area contributed by atoms with Crippen LogP contribution < -0.4 is 5.32 Å². The third kappa shape index (κ3) is 5.29. The number of rotatable bonds is 6. The van der Waals surface area contributed by atoms with E-state index in [0.717, 1.165) is 0 Å². The van der Waals surface area contributed by atoms with E-state index in [1.54, 1.807) is 0 Å². The maximum atomic E-state index is 11.7. The first-order valence-electron chi connectivity index (χ1n) is 4.63. The number of alkyl halides is 4. The van der Waals surface area contributed by atoms with Gasteiger partial charge in [0.15, 0.2) is 0 Å². The molecule has 2 unspecified atom stereocenters. The van der Waals surface area contributed by atoms with Gasteiger partial charge >= 0.3 is 13.2 Å². The van der Waals surface area contributed by atoms with Gasteiger partial charge in [0.1, 0.15) is 0 Å². The smallest absolute Gasteiger partial charge is 0.321 e. The largest absolute Gasteiger partial charge is 0.345 e. The summed E-state index contributed by atoms with van der Waals surface area (Å²) in [6.07, 6.45) is 1.26. The van der Waals surface area contributed by atoms with Crippen molar-refractivity contribution in [2.75, 3.05) is 13.2 Å². The van der Waals surface area contributed by atoms with Crippen LogP contribution in [0.25, 0.3) is 0 Å². The minimum Gasteiger partial charge on any atom is -0.321 e. The molecule has 1 aliphatic rings. The highest BCUT2D eigenvalue weighted by Crippen LogP contribution is 2.14. The van der Waals surface area contributed by atoms with E-state index in [1.165, 1.54) is 0 Å². The van der Waals surface area contributed by atoms with E-state index in [1.807, 2.05) is 0 Å². The monoisotopic (exact) mass is 231 g/mol. The van der Waals surface area contributed by atoms with Crippen molar-refractivity contribution in [3.8, 4) is 0 Å². The molecule has 15 heavy (non-hydrogen) atoms. The quantitative estimate of drug-likeness (QED) is 0.704. The zero-order valence-corrected chi connectivity index (χ0v) is 7.97. The van der Waals surface area contributed by atoms with Crippen molar-refractivity contribution in [2.45, 2.75) is 38.1 Å². The number of ether oxygens (including phenoxy) is 2. The van der Waals surface area contributed by atoms with Crippen molar-refractivity contribution >= 4 is 0 Å². The van der Waals surface area contributed by atoms with E-state index in [-0.39, 0.29) is 25.3 Å². The topological polar surface area (TPSA) is 30.5 Å². The van der Waals surface area contributed by atoms with Crippen molar-refractivity contribution in [1.82, 2.24) is 5.32 Å². The lowest BCUT2D eigenvalue weighted by Crippen LogP contribution is -2.36. The van der Waals surface area contributed by atoms with Crippen LogP contribution in [0, 0.1) is 0 Å². The SMILES string of the molecule is FC(F)OCC1CCC(COC(F)F)N1. The summed E-state index contributed by atoms with van der Waals surface area (Å²) < 4.78 is 54.9. The van der Waals surface area contributed by atoms with Gasteiger partial charge in [-0.2, -0.15) is 17.6 Å². The van der Waals surface area contributed by atoms with Gasteiger partial charge in [-0.1, -0.05) is 0 Å². The first-order valence-corrected chi connectivity index (χ1v) is 4.63. The Morgan fingerprint density at radius 1 is 0.933 bits per heavy atom. The zero-order valence-electron chi connectivity index (χ0n) is 7.97. The average Bonchev–Trinajstić information content (AvgIpc) is 2.59. The van der Waals surface area contributed by atoms with Crippen molar-refractivity contribution in [1.29, 1.82) is 0 Å². The van der Waals surface area contributed by atoms with Crippen LogP contribution >= 0.6 is 0 Å². The lowest BCUT2D eigenvalue weighted by Gasteiger charge is -2.14. The molecule has 0 saturated carbocycles. The molecular formula is C8H13F4NO2. The number of hydrogen-bond acceptors (Lipinski definition) is 3. The van der Waals surface area contributed by atoms with Crippen LogP contribution in [0.4, 0.5) is 17.6 Å². The first kappa shape index (κ1) is 12.7. The third-order valence-corrected chi connectivity index (χ3v) is 2.18. The molecule has 1 rings (SSSR count). The summed E-state index contributed by atoms with van der Waals surface area (Å²) >= 11 is 0. The Morgan fingerprint density at radius 2 is 1.33 bits per heavy atom. The van der Waals surface area contributed by atoms with Gasteiger partial charge in [0.05, 0.1) is 13.2 Å². The molecule has 0 aromatic rings. The molecule has 0 spiro atoms. The Morgan fingerprint density at radius 3 is 1.67 bits per heavy atom. The number of hydrogen-bond donors (Lipinski definition) is 1. The average molecular weight is 231 g/mol. The molecule has 1 fully saturated rings. The predicted molar refractivity (Wildman–Crippen MR) is 43.9 cm³/mol. The molecule has 1 aliphatic heterocycles. The van der Waals surface area contributed by atoms with Gasteiger partial charge in [0.25, 0.3) is 0 Å². The van der Waals surface area contributed by atoms with E-state index >= 15 is 0 Å². The molecule has 0 radical (unpaired) electrons. The Bertz CT molecular complexity index is 164. The van der Waals surface area contributed by atoms with Crippen LogP contribution in [0.5, 0.6) is 0 Å². The van der Waals surface area contributed by atoms with Gasteiger partial charge in [-0.15, -0.1) is 0 Å². The molecule has 1 heterocycles. The normalized spacial score (nSPS) is 26.8. The van der Waals surface area contributed by atoms with Crippen LogP contribution in [0.3, 0.4) is 0 Å². The second-order valence-electron chi connectivity index (χ2n) is 3.33. The van der Waals surface area contributed by atoms with E-state index in [4.69, 9.17) is 0 Å². The second kappa shape index (κ2) is 6.24. The molecule has 3 nitrogen and oxygen atoms in total. The minimum absolute atomic E-state index is 0.108. The number of nitrogens with one attached hydrogen (secondary N) is 1. The van der Waals surface area contributed by atoms with E-state index in [2.05, 4.69) is 14.8 Å². The zero-order chi connectivity index (χ0) is 11.3. The van der Waals surface area contributed by atoms with Crippen molar-refractivity contribution in [3.05, 3.63) is 0 Å². The Labute approximate surface area is 84.7 Å². The summed E-state index contributed by atoms with van der Waals surface area (Å²) in [4.78, 5) is 0. The minimum atomic E-state index is -2.79. The Hall–Kier alpha value is -0.400. The fraction of sp³-hybridized carbons (Fsp3) is 1.00. The van der Waals surface area contributed by atoms with Gasteiger partial charge in [-0.05, 0) is 12.8 Å². The van der Waals surface area contributed by atoms with Crippen LogP contribution in [-0.4, -0.2) is 38.5 Å². The molecule has 0 amide bonds. The van der Waals surface area contributed by atoms with Crippen molar-refractivity contribution in [3.63, 3.8) is 0 Å². The summed E-state index contributed by atoms with van der Waals surface area (Å²) in [5, 5.41) is 2.88. The lowest BCUT2D eigenvalue weighted by atomic mass is 10.2. The molecule has 0 aliphatic carbocycles. The highest BCUT2D eigenvalue weighted by Gasteiger charge is 2.25. The van der Waals surface area contributed by atoms with Crippen LogP contribution in [0.2, 0.25) is 0 Å². The molecule has 0 aromatic carbocycles. The van der Waals surface area contributed by atoms with Crippen molar-refractivity contribution in [2.24, 2.45) is 0 Å². The van der Waals surface area contributed by atoms with E-state index < -0.39 is 13.2 Å². The summed E-state index contributed by atoms with van der Waals surface area (Å²) in [5.74, 6) is 0. The van der Waals surface area contributed by atoms with Crippen LogP contribution in [0.15, 0.2) is 0 Å². The summed E-state index contributed by atoms with van der Waals surface area (Å²) in [5.41, 5.74) is 0. The van der Waals surface area contributed by atoms with E-state index in [0.29, 0.717) is 12.8 Å². The Kier molecular flexibility index (Phi) is 5.27. The van der Waals surface area contributed by atoms with Gasteiger partial charge in [0.2, 0.25) is 0 Å².